The van der Waals surface area contributed by atoms with E-state index in [1.807, 2.05) is 42.6 Å². The highest BCUT2D eigenvalue weighted by Crippen LogP contribution is 2.30. The smallest absolute Gasteiger partial charge is 0.255 e. The van der Waals surface area contributed by atoms with Crippen molar-refractivity contribution in [3.8, 4) is 22.1 Å². The molecule has 130 valence electrons. The summed E-state index contributed by atoms with van der Waals surface area (Å²) in [6.45, 7) is 1.92. The normalized spacial score (nSPS) is 11.8. The van der Waals surface area contributed by atoms with Crippen molar-refractivity contribution in [3.63, 3.8) is 0 Å². The predicted molar refractivity (Wildman–Crippen MR) is 97.3 cm³/mol. The Morgan fingerprint density at radius 2 is 2.04 bits per heavy atom. The second-order valence-corrected chi connectivity index (χ2v) is 6.39. The summed E-state index contributed by atoms with van der Waals surface area (Å²) in [5.41, 5.74) is 2.17. The van der Waals surface area contributed by atoms with Gasteiger partial charge in [0.15, 0.2) is 11.5 Å². The number of ether oxygens (including phenoxy) is 2. The number of aromatic amines is 1. The maximum Gasteiger partial charge on any atom is 0.255 e. The Morgan fingerprint density at radius 3 is 2.72 bits per heavy atom. The maximum absolute atomic E-state index is 12.7. The number of carbonyl (C=O) groups is 1. The van der Waals surface area contributed by atoms with E-state index >= 15 is 0 Å². The third-order valence-corrected chi connectivity index (χ3v) is 4.79. The van der Waals surface area contributed by atoms with E-state index in [4.69, 9.17) is 9.47 Å². The van der Waals surface area contributed by atoms with Crippen molar-refractivity contribution >= 4 is 17.2 Å². The average Bonchev–Trinajstić information content (AvgIpc) is 3.31. The first-order valence-electron chi connectivity index (χ1n) is 7.74. The highest BCUT2D eigenvalue weighted by atomic mass is 32.1. The topological polar surface area (TPSA) is 76.2 Å². The van der Waals surface area contributed by atoms with Crippen molar-refractivity contribution in [2.45, 2.75) is 13.0 Å². The standard InChI is InChI=1S/C18H19N3O3S/c1-11(12-6-7-14(23-2)15(9-12)24-3)20-18(22)13-10-19-21-17(13)16-5-4-8-25-16/h4-11H,1-3H3,(H,19,21)(H,20,22)/t11-/m1/s1. The van der Waals surface area contributed by atoms with Crippen LogP contribution >= 0.6 is 11.3 Å². The lowest BCUT2D eigenvalue weighted by molar-refractivity contribution is 0.0940. The van der Waals surface area contributed by atoms with Crippen LogP contribution in [0.1, 0.15) is 28.9 Å². The predicted octanol–water partition coefficient (Wildman–Crippen LogP) is 3.65. The summed E-state index contributed by atoms with van der Waals surface area (Å²) in [6.07, 6.45) is 1.55. The molecule has 1 aromatic carbocycles. The van der Waals surface area contributed by atoms with E-state index < -0.39 is 0 Å². The Bertz CT molecular complexity index is 858. The van der Waals surface area contributed by atoms with Gasteiger partial charge in [0.25, 0.3) is 5.91 Å². The number of amides is 1. The zero-order valence-corrected chi connectivity index (χ0v) is 15.0. The SMILES string of the molecule is COc1ccc([C@@H](C)NC(=O)c2cn[nH]c2-c2cccs2)cc1OC. The number of nitrogens with one attached hydrogen (secondary N) is 2. The van der Waals surface area contributed by atoms with Gasteiger partial charge in [-0.05, 0) is 36.1 Å². The highest BCUT2D eigenvalue weighted by Gasteiger charge is 2.19. The number of methoxy groups -OCH3 is 2. The van der Waals surface area contributed by atoms with Gasteiger partial charge in [-0.1, -0.05) is 12.1 Å². The van der Waals surface area contributed by atoms with Crippen LogP contribution in [0.25, 0.3) is 10.6 Å². The van der Waals surface area contributed by atoms with Gasteiger partial charge in [-0.3, -0.25) is 9.89 Å². The number of benzene rings is 1. The third-order valence-electron chi connectivity index (χ3n) is 3.91. The van der Waals surface area contributed by atoms with Crippen LogP contribution in [-0.2, 0) is 0 Å². The van der Waals surface area contributed by atoms with Crippen LogP contribution in [0.3, 0.4) is 0 Å². The molecule has 1 atom stereocenters. The molecule has 2 aromatic heterocycles. The fourth-order valence-corrected chi connectivity index (χ4v) is 3.28. The van der Waals surface area contributed by atoms with Gasteiger partial charge in [-0.15, -0.1) is 11.3 Å². The fourth-order valence-electron chi connectivity index (χ4n) is 2.55. The monoisotopic (exact) mass is 357 g/mol. The van der Waals surface area contributed by atoms with Gasteiger partial charge in [0.1, 0.15) is 0 Å². The molecule has 3 rings (SSSR count). The number of aromatic nitrogens is 2. The van der Waals surface area contributed by atoms with Gasteiger partial charge in [-0.25, -0.2) is 0 Å². The molecule has 0 aliphatic heterocycles. The van der Waals surface area contributed by atoms with E-state index in [0.717, 1.165) is 16.1 Å². The molecule has 0 aliphatic rings. The third kappa shape index (κ3) is 3.51. The Morgan fingerprint density at radius 1 is 1.24 bits per heavy atom. The number of rotatable bonds is 6. The molecule has 1 amide bonds. The fraction of sp³-hybridized carbons (Fsp3) is 0.222. The summed E-state index contributed by atoms with van der Waals surface area (Å²) in [5.74, 6) is 1.10. The van der Waals surface area contributed by atoms with E-state index in [9.17, 15) is 4.79 Å². The second kappa shape index (κ2) is 7.40. The van der Waals surface area contributed by atoms with Gasteiger partial charge in [-0.2, -0.15) is 5.10 Å². The van der Waals surface area contributed by atoms with Crippen LogP contribution < -0.4 is 14.8 Å². The first-order chi connectivity index (χ1) is 12.1. The van der Waals surface area contributed by atoms with Gasteiger partial charge < -0.3 is 14.8 Å². The number of H-pyrrole nitrogens is 1. The summed E-state index contributed by atoms with van der Waals surface area (Å²) < 4.78 is 10.6. The minimum atomic E-state index is -0.196. The molecule has 0 saturated heterocycles. The number of hydrogen-bond acceptors (Lipinski definition) is 5. The molecule has 25 heavy (non-hydrogen) atoms. The Labute approximate surface area is 149 Å². The van der Waals surface area contributed by atoms with E-state index in [0.29, 0.717) is 17.1 Å². The van der Waals surface area contributed by atoms with Crippen molar-refractivity contribution in [3.05, 3.63) is 53.0 Å². The lowest BCUT2D eigenvalue weighted by atomic mass is 10.1. The summed E-state index contributed by atoms with van der Waals surface area (Å²) >= 11 is 1.55. The zero-order chi connectivity index (χ0) is 17.8. The van der Waals surface area contributed by atoms with Gasteiger partial charge in [0.2, 0.25) is 0 Å². The maximum atomic E-state index is 12.7. The van der Waals surface area contributed by atoms with Crippen LogP contribution in [0.5, 0.6) is 11.5 Å². The Kier molecular flexibility index (Phi) is 5.04. The molecule has 0 bridgehead atoms. The summed E-state index contributed by atoms with van der Waals surface area (Å²) in [5, 5.41) is 11.9. The Balaban J connectivity index is 1.79. The molecule has 0 saturated carbocycles. The van der Waals surface area contributed by atoms with Crippen LogP contribution in [0.2, 0.25) is 0 Å². The minimum absolute atomic E-state index is 0.181. The highest BCUT2D eigenvalue weighted by molar-refractivity contribution is 7.13. The second-order valence-electron chi connectivity index (χ2n) is 5.45. The van der Waals surface area contributed by atoms with E-state index in [1.54, 1.807) is 31.8 Å². The number of thiophene rings is 1. The zero-order valence-electron chi connectivity index (χ0n) is 14.2. The molecule has 0 aliphatic carbocycles. The van der Waals surface area contributed by atoms with Crippen molar-refractivity contribution in [1.29, 1.82) is 0 Å². The van der Waals surface area contributed by atoms with Crippen LogP contribution in [0, 0.1) is 0 Å². The van der Waals surface area contributed by atoms with Crippen molar-refractivity contribution < 1.29 is 14.3 Å². The molecular formula is C18H19N3O3S. The van der Waals surface area contributed by atoms with Crippen molar-refractivity contribution in [2.24, 2.45) is 0 Å². The van der Waals surface area contributed by atoms with Crippen LogP contribution in [-0.4, -0.2) is 30.3 Å². The summed E-state index contributed by atoms with van der Waals surface area (Å²) in [7, 11) is 3.18. The molecule has 0 spiro atoms. The molecule has 0 unspecified atom stereocenters. The molecule has 0 fully saturated rings. The molecule has 2 heterocycles. The quantitative estimate of drug-likeness (QED) is 0.706. The largest absolute Gasteiger partial charge is 0.493 e. The molecule has 3 aromatic rings. The van der Waals surface area contributed by atoms with Gasteiger partial charge >= 0.3 is 0 Å². The van der Waals surface area contributed by atoms with Gasteiger partial charge in [0.05, 0.1) is 42.6 Å². The van der Waals surface area contributed by atoms with Gasteiger partial charge in [0, 0.05) is 0 Å². The molecule has 6 nitrogen and oxygen atoms in total. The molecule has 7 heteroatoms. The first kappa shape index (κ1) is 17.0. The summed E-state index contributed by atoms with van der Waals surface area (Å²) in [4.78, 5) is 13.6. The molecule has 2 N–H and O–H groups in total. The average molecular weight is 357 g/mol. The molecule has 0 radical (unpaired) electrons. The van der Waals surface area contributed by atoms with Crippen molar-refractivity contribution in [1.82, 2.24) is 15.5 Å². The van der Waals surface area contributed by atoms with Crippen LogP contribution in [0.15, 0.2) is 41.9 Å². The van der Waals surface area contributed by atoms with E-state index in [1.165, 1.54) is 0 Å². The first-order valence-corrected chi connectivity index (χ1v) is 8.62. The lowest BCUT2D eigenvalue weighted by Gasteiger charge is -2.16. The number of hydrogen-bond donors (Lipinski definition) is 2. The number of nitrogens with zero attached hydrogens (tertiary/aromatic N) is 1. The summed E-state index contributed by atoms with van der Waals surface area (Å²) in [6, 6.07) is 9.28. The number of carbonyl (C=O) groups excluding carboxylic acids is 1. The van der Waals surface area contributed by atoms with Crippen LogP contribution in [0.4, 0.5) is 0 Å². The van der Waals surface area contributed by atoms with E-state index in [2.05, 4.69) is 15.5 Å². The minimum Gasteiger partial charge on any atom is -0.493 e. The molecular weight excluding hydrogens is 338 g/mol. The van der Waals surface area contributed by atoms with E-state index in [-0.39, 0.29) is 11.9 Å². The van der Waals surface area contributed by atoms with Crippen molar-refractivity contribution in [2.75, 3.05) is 14.2 Å². The Hall–Kier alpha value is -2.80. The lowest BCUT2D eigenvalue weighted by Crippen LogP contribution is -2.26.